The van der Waals surface area contributed by atoms with Gasteiger partial charge in [-0.3, -0.25) is 0 Å². The Morgan fingerprint density at radius 1 is 1.31 bits per heavy atom. The van der Waals surface area contributed by atoms with Crippen molar-refractivity contribution in [2.24, 2.45) is 0 Å². The van der Waals surface area contributed by atoms with Crippen molar-refractivity contribution >= 4 is 8.03 Å². The Morgan fingerprint density at radius 3 is 2.46 bits per heavy atom. The number of rotatable bonds is 4. The van der Waals surface area contributed by atoms with E-state index in [-0.39, 0.29) is 0 Å². The van der Waals surface area contributed by atoms with Crippen molar-refractivity contribution in [1.82, 2.24) is 0 Å². The number of benzene rings is 1. The van der Waals surface area contributed by atoms with Crippen LogP contribution in [0.3, 0.4) is 0 Å². The lowest BCUT2D eigenvalue weighted by atomic mass is 10.3. The fourth-order valence-electron chi connectivity index (χ4n) is 0.887. The van der Waals surface area contributed by atoms with Gasteiger partial charge < -0.3 is 4.74 Å². The average Bonchev–Trinajstić information content (AvgIpc) is 2.18. The summed E-state index contributed by atoms with van der Waals surface area (Å²) < 4.78 is 21.1. The number of hydrogen-bond donors (Lipinski definition) is 0. The van der Waals surface area contributed by atoms with Crippen LogP contribution in [0, 0.1) is 0 Å². The minimum absolute atomic E-state index is 0.414. The zero-order valence-electron chi connectivity index (χ0n) is 7.64. The molecule has 0 bridgehead atoms. The van der Waals surface area contributed by atoms with Crippen LogP contribution in [0.5, 0.6) is 5.75 Å². The van der Waals surface area contributed by atoms with Crippen LogP contribution in [0.2, 0.25) is 0 Å². The molecule has 1 aromatic carbocycles. The maximum Gasteiger partial charge on any atom is 0.552 e. The molecule has 0 saturated carbocycles. The summed E-state index contributed by atoms with van der Waals surface area (Å²) in [6.45, 7) is 1.72. The SMILES string of the molecule is CO[P+](=O)C(C)Oc1ccccc1. The first-order valence-electron chi connectivity index (χ1n) is 3.96. The Hall–Kier alpha value is -0.920. The van der Waals surface area contributed by atoms with Crippen molar-refractivity contribution in [2.75, 3.05) is 7.11 Å². The van der Waals surface area contributed by atoms with Crippen LogP contribution in [0.4, 0.5) is 0 Å². The molecule has 0 fully saturated rings. The molecule has 0 N–H and O–H groups in total. The summed E-state index contributed by atoms with van der Waals surface area (Å²) >= 11 is 0. The predicted octanol–water partition coefficient (Wildman–Crippen LogP) is 2.80. The summed E-state index contributed by atoms with van der Waals surface area (Å²) in [5.41, 5.74) is 0. The van der Waals surface area contributed by atoms with Crippen LogP contribution < -0.4 is 4.74 Å². The minimum atomic E-state index is -1.74. The van der Waals surface area contributed by atoms with E-state index in [1.165, 1.54) is 7.11 Å². The predicted molar refractivity (Wildman–Crippen MR) is 51.1 cm³/mol. The van der Waals surface area contributed by atoms with Crippen LogP contribution in [0.15, 0.2) is 30.3 Å². The summed E-state index contributed by atoms with van der Waals surface area (Å²) in [6, 6.07) is 9.25. The van der Waals surface area contributed by atoms with Gasteiger partial charge in [0.05, 0.1) is 7.11 Å². The molecular formula is C9H12O3P+. The topological polar surface area (TPSA) is 35.5 Å². The van der Waals surface area contributed by atoms with Crippen molar-refractivity contribution in [3.63, 3.8) is 0 Å². The Bertz CT molecular complexity index is 273. The summed E-state index contributed by atoms with van der Waals surface area (Å²) in [7, 11) is -0.329. The first-order valence-corrected chi connectivity index (χ1v) is 5.21. The minimum Gasteiger partial charge on any atom is -0.445 e. The fraction of sp³-hybridized carbons (Fsp3) is 0.333. The zero-order valence-corrected chi connectivity index (χ0v) is 8.53. The second-order valence-corrected chi connectivity index (χ2v) is 4.16. The molecule has 0 spiro atoms. The number of para-hydroxylation sites is 1. The van der Waals surface area contributed by atoms with E-state index in [0.717, 1.165) is 0 Å². The van der Waals surface area contributed by atoms with Gasteiger partial charge in [0.15, 0.2) is 0 Å². The molecule has 1 aromatic rings. The lowest BCUT2D eigenvalue weighted by Gasteiger charge is -2.03. The Kier molecular flexibility index (Phi) is 3.87. The van der Waals surface area contributed by atoms with Gasteiger partial charge in [-0.1, -0.05) is 18.2 Å². The van der Waals surface area contributed by atoms with E-state index in [2.05, 4.69) is 4.52 Å². The fourth-order valence-corrected chi connectivity index (χ4v) is 1.39. The van der Waals surface area contributed by atoms with Gasteiger partial charge in [0.2, 0.25) is 0 Å². The monoisotopic (exact) mass is 199 g/mol. The van der Waals surface area contributed by atoms with Crippen molar-refractivity contribution in [1.29, 1.82) is 0 Å². The second-order valence-electron chi connectivity index (χ2n) is 2.50. The van der Waals surface area contributed by atoms with Crippen LogP contribution >= 0.6 is 8.03 Å². The maximum absolute atomic E-state index is 11.1. The number of hydrogen-bond acceptors (Lipinski definition) is 3. The number of ether oxygens (including phenoxy) is 1. The van der Waals surface area contributed by atoms with E-state index < -0.39 is 13.9 Å². The van der Waals surface area contributed by atoms with Gasteiger partial charge in [-0.05, 0) is 16.7 Å². The first-order chi connectivity index (χ1) is 6.24. The normalized spacial score (nSPS) is 13.5. The zero-order chi connectivity index (χ0) is 9.68. The summed E-state index contributed by atoms with van der Waals surface area (Å²) in [5, 5.41) is 0. The molecule has 13 heavy (non-hydrogen) atoms. The van der Waals surface area contributed by atoms with Gasteiger partial charge in [-0.2, -0.15) is 0 Å². The van der Waals surface area contributed by atoms with Crippen molar-refractivity contribution in [2.45, 2.75) is 12.8 Å². The first kappa shape index (κ1) is 10.2. The molecule has 1 rings (SSSR count). The molecule has 2 unspecified atom stereocenters. The highest BCUT2D eigenvalue weighted by Crippen LogP contribution is 2.29. The van der Waals surface area contributed by atoms with Gasteiger partial charge >= 0.3 is 13.9 Å². The smallest absolute Gasteiger partial charge is 0.445 e. The Labute approximate surface area is 78.5 Å². The highest BCUT2D eigenvalue weighted by molar-refractivity contribution is 7.39. The molecule has 0 aliphatic carbocycles. The largest absolute Gasteiger partial charge is 0.552 e. The lowest BCUT2D eigenvalue weighted by Crippen LogP contribution is -2.06. The van der Waals surface area contributed by atoms with Gasteiger partial charge in [0, 0.05) is 6.92 Å². The van der Waals surface area contributed by atoms with E-state index in [1.54, 1.807) is 6.92 Å². The third-order valence-corrected chi connectivity index (χ3v) is 2.59. The Balaban J connectivity index is 2.55. The molecule has 0 heterocycles. The standard InChI is InChI=1S/C9H12O3P/c1-8(13(10)11-2)12-9-6-4-3-5-7-9/h3-8H,1-2H3/q+1. The summed E-state index contributed by atoms with van der Waals surface area (Å²) in [6.07, 6.45) is 0. The molecule has 0 aliphatic heterocycles. The van der Waals surface area contributed by atoms with Gasteiger partial charge in [-0.15, -0.1) is 4.52 Å². The quantitative estimate of drug-likeness (QED) is 0.699. The molecule has 0 aliphatic rings. The summed E-state index contributed by atoms with van der Waals surface area (Å²) in [4.78, 5) is 0. The van der Waals surface area contributed by atoms with Crippen molar-refractivity contribution < 1.29 is 13.8 Å². The Morgan fingerprint density at radius 2 is 1.92 bits per heavy atom. The van der Waals surface area contributed by atoms with Crippen molar-refractivity contribution in [3.05, 3.63) is 30.3 Å². The highest BCUT2D eigenvalue weighted by atomic mass is 31.1. The van der Waals surface area contributed by atoms with Gasteiger partial charge in [-0.25, -0.2) is 0 Å². The molecule has 70 valence electrons. The molecule has 3 nitrogen and oxygen atoms in total. The third kappa shape index (κ3) is 3.13. The molecule has 4 heteroatoms. The van der Waals surface area contributed by atoms with Gasteiger partial charge in [0.25, 0.3) is 0 Å². The maximum atomic E-state index is 11.1. The van der Waals surface area contributed by atoms with Crippen LogP contribution in [-0.2, 0) is 9.09 Å². The second kappa shape index (κ2) is 4.95. The van der Waals surface area contributed by atoms with E-state index in [9.17, 15) is 4.57 Å². The summed E-state index contributed by atoms with van der Waals surface area (Å²) in [5.74, 6) is 0.290. The van der Waals surface area contributed by atoms with E-state index in [0.29, 0.717) is 5.75 Å². The molecule has 0 amide bonds. The van der Waals surface area contributed by atoms with Crippen LogP contribution in [-0.4, -0.2) is 13.0 Å². The molecule has 2 atom stereocenters. The molecular weight excluding hydrogens is 187 g/mol. The van der Waals surface area contributed by atoms with Gasteiger partial charge in [0.1, 0.15) is 5.75 Å². The van der Waals surface area contributed by atoms with E-state index in [1.807, 2.05) is 30.3 Å². The van der Waals surface area contributed by atoms with Crippen LogP contribution in [0.25, 0.3) is 0 Å². The van der Waals surface area contributed by atoms with Crippen molar-refractivity contribution in [3.8, 4) is 5.75 Å². The van der Waals surface area contributed by atoms with E-state index in [4.69, 9.17) is 4.74 Å². The molecule has 0 radical (unpaired) electrons. The van der Waals surface area contributed by atoms with Crippen LogP contribution in [0.1, 0.15) is 6.92 Å². The average molecular weight is 199 g/mol. The highest BCUT2D eigenvalue weighted by Gasteiger charge is 2.27. The molecule has 0 aromatic heterocycles. The third-order valence-electron chi connectivity index (χ3n) is 1.53. The molecule has 0 saturated heterocycles. The van der Waals surface area contributed by atoms with E-state index >= 15 is 0 Å². The lowest BCUT2D eigenvalue weighted by molar-refractivity contribution is 0.269.